The molecule has 0 N–H and O–H groups in total. The van der Waals surface area contributed by atoms with E-state index in [1.165, 1.54) is 11.1 Å². The highest BCUT2D eigenvalue weighted by Crippen LogP contribution is 2.35. The molecule has 3 aromatic rings. The lowest BCUT2D eigenvalue weighted by atomic mass is 9.95. The third kappa shape index (κ3) is 4.95. The quantitative estimate of drug-likeness (QED) is 0.412. The number of piperidine rings is 1. The summed E-state index contributed by atoms with van der Waals surface area (Å²) in [6.45, 7) is 7.60. The predicted molar refractivity (Wildman–Crippen MR) is 142 cm³/mol. The minimum atomic E-state index is -0.561. The van der Waals surface area contributed by atoms with Crippen LogP contribution in [0.1, 0.15) is 75.9 Å². The third-order valence-electron chi connectivity index (χ3n) is 7.35. The van der Waals surface area contributed by atoms with Crippen LogP contribution in [0.25, 0.3) is 0 Å². The van der Waals surface area contributed by atoms with Gasteiger partial charge in [-0.25, -0.2) is 4.98 Å². The number of rotatable bonds is 6. The third-order valence-corrected chi connectivity index (χ3v) is 8.36. The highest BCUT2D eigenvalue weighted by atomic mass is 32.1. The van der Waals surface area contributed by atoms with Crippen LogP contribution in [0.3, 0.4) is 0 Å². The Kier molecular flexibility index (Phi) is 7.21. The first kappa shape index (κ1) is 24.7. The van der Waals surface area contributed by atoms with Crippen LogP contribution < -0.4 is 0 Å². The Morgan fingerprint density at radius 1 is 1.11 bits per heavy atom. The fraction of sp³-hybridized carbons (Fsp3) is 0.414. The number of oxime groups is 1. The van der Waals surface area contributed by atoms with E-state index in [4.69, 9.17) is 14.6 Å². The van der Waals surface area contributed by atoms with Gasteiger partial charge in [0.2, 0.25) is 0 Å². The molecule has 0 spiro atoms. The molecule has 1 amide bonds. The SMILES string of the molecule is COC(C(=O)N1CCC(c2nc(C3=NOC(c4ccccc4C)C3)cs2)CC1)c1cc(C)ccc1C. The summed E-state index contributed by atoms with van der Waals surface area (Å²) in [5, 5.41) is 7.58. The Morgan fingerprint density at radius 2 is 1.89 bits per heavy atom. The van der Waals surface area contributed by atoms with E-state index >= 15 is 0 Å². The smallest absolute Gasteiger partial charge is 0.256 e. The number of hydrogen-bond acceptors (Lipinski definition) is 6. The summed E-state index contributed by atoms with van der Waals surface area (Å²) in [7, 11) is 1.62. The van der Waals surface area contributed by atoms with Crippen molar-refractivity contribution in [2.45, 2.75) is 58.2 Å². The normalized spacial score (nSPS) is 19.2. The molecule has 0 bridgehead atoms. The number of likely N-dealkylation sites (tertiary alicyclic amines) is 1. The molecular weight excluding hydrogens is 470 g/mol. The van der Waals surface area contributed by atoms with Crippen molar-refractivity contribution in [2.75, 3.05) is 20.2 Å². The lowest BCUT2D eigenvalue weighted by molar-refractivity contribution is -0.143. The highest BCUT2D eigenvalue weighted by molar-refractivity contribution is 7.10. The molecule has 3 heterocycles. The average molecular weight is 504 g/mol. The summed E-state index contributed by atoms with van der Waals surface area (Å²) >= 11 is 1.69. The van der Waals surface area contributed by atoms with Crippen LogP contribution in [-0.2, 0) is 14.4 Å². The molecule has 2 aromatic carbocycles. The van der Waals surface area contributed by atoms with E-state index in [9.17, 15) is 4.79 Å². The first-order valence-corrected chi connectivity index (χ1v) is 13.4. The van der Waals surface area contributed by atoms with Crippen molar-refractivity contribution in [2.24, 2.45) is 5.16 Å². The topological polar surface area (TPSA) is 64.0 Å². The number of methoxy groups -OCH3 is 1. The Balaban J connectivity index is 1.20. The molecule has 0 radical (unpaired) electrons. The summed E-state index contributed by atoms with van der Waals surface area (Å²) in [5.41, 5.74) is 7.39. The van der Waals surface area contributed by atoms with Crippen molar-refractivity contribution >= 4 is 23.0 Å². The summed E-state index contributed by atoms with van der Waals surface area (Å²) in [5.74, 6) is 0.397. The van der Waals surface area contributed by atoms with Crippen molar-refractivity contribution in [1.82, 2.24) is 9.88 Å². The summed E-state index contributed by atoms with van der Waals surface area (Å²) < 4.78 is 5.68. The van der Waals surface area contributed by atoms with E-state index in [0.29, 0.717) is 19.0 Å². The Labute approximate surface area is 217 Å². The molecule has 1 fully saturated rings. The predicted octanol–water partition coefficient (Wildman–Crippen LogP) is 6.03. The van der Waals surface area contributed by atoms with Gasteiger partial charge in [-0.2, -0.15) is 0 Å². The number of aromatic nitrogens is 1. The molecule has 2 atom stereocenters. The maximum absolute atomic E-state index is 13.3. The first-order chi connectivity index (χ1) is 17.4. The van der Waals surface area contributed by atoms with Crippen LogP contribution >= 0.6 is 11.3 Å². The van der Waals surface area contributed by atoms with E-state index in [2.05, 4.69) is 47.8 Å². The van der Waals surface area contributed by atoms with E-state index in [1.54, 1.807) is 18.4 Å². The number of ether oxygens (including phenoxy) is 1. The van der Waals surface area contributed by atoms with Crippen molar-refractivity contribution in [3.05, 3.63) is 86.4 Å². The van der Waals surface area contributed by atoms with Gasteiger partial charge in [-0.15, -0.1) is 11.3 Å². The van der Waals surface area contributed by atoms with Gasteiger partial charge in [0.15, 0.2) is 12.2 Å². The van der Waals surface area contributed by atoms with Crippen LogP contribution in [-0.4, -0.2) is 41.7 Å². The number of hydrogen-bond donors (Lipinski definition) is 0. The molecule has 7 heteroatoms. The van der Waals surface area contributed by atoms with Crippen molar-refractivity contribution in [3.8, 4) is 0 Å². The number of aryl methyl sites for hydroxylation is 3. The second-order valence-corrected chi connectivity index (χ2v) is 10.7. The fourth-order valence-electron chi connectivity index (χ4n) is 5.17. The Hall–Kier alpha value is -3.03. The second kappa shape index (κ2) is 10.5. The number of carbonyl (C=O) groups excluding carboxylic acids is 1. The van der Waals surface area contributed by atoms with E-state index in [1.807, 2.05) is 30.9 Å². The molecule has 36 heavy (non-hydrogen) atoms. The highest BCUT2D eigenvalue weighted by Gasteiger charge is 2.32. The number of thiazole rings is 1. The van der Waals surface area contributed by atoms with Gasteiger partial charge in [-0.05, 0) is 55.9 Å². The number of carbonyl (C=O) groups is 1. The molecule has 188 valence electrons. The zero-order valence-corrected chi connectivity index (χ0v) is 22.2. The van der Waals surface area contributed by atoms with Gasteiger partial charge in [0.05, 0.1) is 10.7 Å². The van der Waals surface area contributed by atoms with E-state index < -0.39 is 6.10 Å². The van der Waals surface area contributed by atoms with Gasteiger partial charge in [-0.1, -0.05) is 53.2 Å². The van der Waals surface area contributed by atoms with Crippen LogP contribution in [0.5, 0.6) is 0 Å². The van der Waals surface area contributed by atoms with Gasteiger partial charge in [0.25, 0.3) is 5.91 Å². The molecule has 0 aliphatic carbocycles. The lowest BCUT2D eigenvalue weighted by Gasteiger charge is -2.33. The Morgan fingerprint density at radius 3 is 2.64 bits per heavy atom. The van der Waals surface area contributed by atoms with Crippen molar-refractivity contribution in [3.63, 3.8) is 0 Å². The molecule has 1 aromatic heterocycles. The van der Waals surface area contributed by atoms with Crippen LogP contribution in [0.2, 0.25) is 0 Å². The maximum atomic E-state index is 13.3. The molecule has 2 aliphatic heterocycles. The second-order valence-electron chi connectivity index (χ2n) is 9.84. The van der Waals surface area contributed by atoms with Gasteiger partial charge < -0.3 is 14.5 Å². The molecule has 0 saturated carbocycles. The standard InChI is InChI=1S/C29H33N3O3S/c1-18-9-10-20(3)23(15-18)27(34-4)29(33)32-13-11-21(12-14-32)28-30-25(17-36-28)24-16-26(35-31-24)22-8-6-5-7-19(22)2/h5-10,15,17,21,26-27H,11-14,16H2,1-4H3. The summed E-state index contributed by atoms with van der Waals surface area (Å²) in [4.78, 5) is 26.0. The van der Waals surface area contributed by atoms with Gasteiger partial charge >= 0.3 is 0 Å². The minimum absolute atomic E-state index is 0.0455. The summed E-state index contributed by atoms with van der Waals surface area (Å²) in [6, 6.07) is 14.5. The number of nitrogens with zero attached hydrogens (tertiary/aromatic N) is 3. The van der Waals surface area contributed by atoms with Crippen LogP contribution in [0, 0.1) is 20.8 Å². The van der Waals surface area contributed by atoms with E-state index in [0.717, 1.165) is 52.4 Å². The van der Waals surface area contributed by atoms with Gasteiger partial charge in [0.1, 0.15) is 5.71 Å². The molecule has 1 saturated heterocycles. The lowest BCUT2D eigenvalue weighted by Crippen LogP contribution is -2.41. The Bertz CT molecular complexity index is 1280. The zero-order chi connectivity index (χ0) is 25.2. The molecule has 2 unspecified atom stereocenters. The first-order valence-electron chi connectivity index (χ1n) is 12.6. The average Bonchev–Trinajstić information content (AvgIpc) is 3.57. The molecule has 6 nitrogen and oxygen atoms in total. The monoisotopic (exact) mass is 503 g/mol. The van der Waals surface area contributed by atoms with Crippen molar-refractivity contribution in [1.29, 1.82) is 0 Å². The number of amides is 1. The van der Waals surface area contributed by atoms with Gasteiger partial charge in [-0.3, -0.25) is 4.79 Å². The summed E-state index contributed by atoms with van der Waals surface area (Å²) in [6.07, 6.45) is 1.92. The number of benzene rings is 2. The van der Waals surface area contributed by atoms with Crippen LogP contribution in [0.4, 0.5) is 0 Å². The molecular formula is C29H33N3O3S. The van der Waals surface area contributed by atoms with Gasteiger partial charge in [0, 0.05) is 37.9 Å². The maximum Gasteiger partial charge on any atom is 0.256 e. The van der Waals surface area contributed by atoms with Crippen molar-refractivity contribution < 1.29 is 14.4 Å². The molecule has 5 rings (SSSR count). The van der Waals surface area contributed by atoms with Crippen LogP contribution in [0.15, 0.2) is 53.0 Å². The minimum Gasteiger partial charge on any atom is -0.387 e. The molecule has 2 aliphatic rings. The fourth-order valence-corrected chi connectivity index (χ4v) is 6.17. The van der Waals surface area contributed by atoms with E-state index in [-0.39, 0.29) is 12.0 Å². The largest absolute Gasteiger partial charge is 0.387 e. The zero-order valence-electron chi connectivity index (χ0n) is 21.4.